The fraction of sp³-hybridized carbons (Fsp3) is 0.125. The molecule has 0 unspecified atom stereocenters. The lowest BCUT2D eigenvalue weighted by Crippen LogP contribution is -2.24. The first-order chi connectivity index (χ1) is 11.0. The number of amides is 1. The summed E-state index contributed by atoms with van der Waals surface area (Å²) in [5.74, 6) is -1.34. The first kappa shape index (κ1) is 15.1. The SMILES string of the molecule is Cc1nc2ccc(C(=O)NCc3ncccc3C(=O)O)cc2s1. The zero-order valence-electron chi connectivity index (χ0n) is 12.2. The molecule has 0 bridgehead atoms. The summed E-state index contributed by atoms with van der Waals surface area (Å²) in [5.41, 5.74) is 1.78. The molecule has 116 valence electrons. The molecule has 3 rings (SSSR count). The summed E-state index contributed by atoms with van der Waals surface area (Å²) in [6.07, 6.45) is 1.50. The van der Waals surface area contributed by atoms with Crippen molar-refractivity contribution in [1.82, 2.24) is 15.3 Å². The van der Waals surface area contributed by atoms with Crippen molar-refractivity contribution in [1.29, 1.82) is 0 Å². The highest BCUT2D eigenvalue weighted by atomic mass is 32.1. The number of rotatable bonds is 4. The van der Waals surface area contributed by atoms with E-state index in [1.165, 1.54) is 23.6 Å². The van der Waals surface area contributed by atoms with E-state index >= 15 is 0 Å². The van der Waals surface area contributed by atoms with E-state index in [-0.39, 0.29) is 18.0 Å². The van der Waals surface area contributed by atoms with Crippen LogP contribution in [0.3, 0.4) is 0 Å². The summed E-state index contributed by atoms with van der Waals surface area (Å²) in [5, 5.41) is 12.8. The van der Waals surface area contributed by atoms with Gasteiger partial charge in [-0.25, -0.2) is 9.78 Å². The number of thiazole rings is 1. The van der Waals surface area contributed by atoms with Crippen LogP contribution in [-0.4, -0.2) is 27.0 Å². The van der Waals surface area contributed by atoms with Gasteiger partial charge in [-0.2, -0.15) is 0 Å². The minimum Gasteiger partial charge on any atom is -0.478 e. The van der Waals surface area contributed by atoms with Crippen LogP contribution in [0.25, 0.3) is 10.2 Å². The molecular weight excluding hydrogens is 314 g/mol. The number of aryl methyl sites for hydroxylation is 1. The molecule has 3 aromatic rings. The lowest BCUT2D eigenvalue weighted by Gasteiger charge is -2.07. The van der Waals surface area contributed by atoms with Gasteiger partial charge in [0, 0.05) is 11.8 Å². The molecule has 0 aliphatic carbocycles. The van der Waals surface area contributed by atoms with E-state index in [9.17, 15) is 9.59 Å². The van der Waals surface area contributed by atoms with Gasteiger partial charge in [0.2, 0.25) is 0 Å². The van der Waals surface area contributed by atoms with Gasteiger partial charge in [0.15, 0.2) is 0 Å². The molecule has 0 aliphatic rings. The van der Waals surface area contributed by atoms with Gasteiger partial charge < -0.3 is 10.4 Å². The van der Waals surface area contributed by atoms with Crippen LogP contribution in [0.5, 0.6) is 0 Å². The standard InChI is InChI=1S/C16H13N3O3S/c1-9-19-12-5-4-10(7-14(12)23-9)15(20)18-8-13-11(16(21)22)3-2-6-17-13/h2-7H,8H2,1H3,(H,18,20)(H,21,22). The Labute approximate surface area is 135 Å². The van der Waals surface area contributed by atoms with Crippen LogP contribution in [-0.2, 0) is 6.54 Å². The monoisotopic (exact) mass is 327 g/mol. The zero-order valence-corrected chi connectivity index (χ0v) is 13.1. The maximum absolute atomic E-state index is 12.2. The van der Waals surface area contributed by atoms with Crippen LogP contribution in [0.1, 0.15) is 31.4 Å². The maximum atomic E-state index is 12.2. The molecule has 2 heterocycles. The molecule has 23 heavy (non-hydrogen) atoms. The molecule has 0 aliphatic heterocycles. The molecule has 0 fully saturated rings. The summed E-state index contributed by atoms with van der Waals surface area (Å²) >= 11 is 1.52. The second-order valence-corrected chi connectivity index (χ2v) is 6.14. The van der Waals surface area contributed by atoms with Crippen molar-refractivity contribution in [3.63, 3.8) is 0 Å². The molecule has 1 amide bonds. The quantitative estimate of drug-likeness (QED) is 0.768. The predicted octanol–water partition coefficient (Wildman–Crippen LogP) is 2.63. The van der Waals surface area contributed by atoms with Crippen LogP contribution in [0, 0.1) is 6.92 Å². The van der Waals surface area contributed by atoms with Crippen molar-refractivity contribution in [3.05, 3.63) is 58.4 Å². The van der Waals surface area contributed by atoms with Gasteiger partial charge in [-0.1, -0.05) is 0 Å². The Hall–Kier alpha value is -2.80. The third-order valence-corrected chi connectivity index (χ3v) is 4.23. The van der Waals surface area contributed by atoms with Crippen LogP contribution in [0.2, 0.25) is 0 Å². The molecule has 0 atom stereocenters. The number of carbonyl (C=O) groups excluding carboxylic acids is 1. The van der Waals surface area contributed by atoms with Crippen molar-refractivity contribution in [2.24, 2.45) is 0 Å². The number of benzene rings is 1. The largest absolute Gasteiger partial charge is 0.478 e. The number of hydrogen-bond acceptors (Lipinski definition) is 5. The first-order valence-corrected chi connectivity index (χ1v) is 7.69. The molecule has 0 saturated carbocycles. The number of pyridine rings is 1. The smallest absolute Gasteiger partial charge is 0.337 e. The van der Waals surface area contributed by atoms with Crippen molar-refractivity contribution >= 4 is 33.4 Å². The van der Waals surface area contributed by atoms with Gasteiger partial charge >= 0.3 is 5.97 Å². The number of nitrogens with one attached hydrogen (secondary N) is 1. The Balaban J connectivity index is 1.77. The number of carboxylic acids is 1. The molecular formula is C16H13N3O3S. The molecule has 0 radical (unpaired) electrons. The minimum atomic E-state index is -1.07. The first-order valence-electron chi connectivity index (χ1n) is 6.87. The zero-order chi connectivity index (χ0) is 16.4. The fourth-order valence-electron chi connectivity index (χ4n) is 2.22. The Morgan fingerprint density at radius 2 is 2.13 bits per heavy atom. The van der Waals surface area contributed by atoms with Crippen molar-refractivity contribution in [2.45, 2.75) is 13.5 Å². The number of carboxylic acid groups (broad SMARTS) is 1. The van der Waals surface area contributed by atoms with E-state index in [0.717, 1.165) is 15.2 Å². The van der Waals surface area contributed by atoms with E-state index in [1.54, 1.807) is 24.3 Å². The molecule has 2 aromatic heterocycles. The number of carbonyl (C=O) groups is 2. The number of nitrogens with zero attached hydrogens (tertiary/aromatic N) is 2. The van der Waals surface area contributed by atoms with Gasteiger partial charge in [0.1, 0.15) is 0 Å². The van der Waals surface area contributed by atoms with Crippen LogP contribution in [0.15, 0.2) is 36.5 Å². The van der Waals surface area contributed by atoms with Gasteiger partial charge in [-0.3, -0.25) is 9.78 Å². The number of fused-ring (bicyclic) bond motifs is 1. The second-order valence-electron chi connectivity index (χ2n) is 4.90. The summed E-state index contributed by atoms with van der Waals surface area (Å²) in [6, 6.07) is 8.30. The van der Waals surface area contributed by atoms with E-state index in [1.807, 2.05) is 6.92 Å². The second kappa shape index (κ2) is 6.13. The van der Waals surface area contributed by atoms with Gasteiger partial charge in [0.05, 0.1) is 33.0 Å². The van der Waals surface area contributed by atoms with E-state index in [4.69, 9.17) is 5.11 Å². The Bertz CT molecular complexity index is 904. The number of hydrogen-bond donors (Lipinski definition) is 2. The van der Waals surface area contributed by atoms with E-state index in [0.29, 0.717) is 11.3 Å². The third-order valence-electron chi connectivity index (χ3n) is 3.29. The highest BCUT2D eigenvalue weighted by Crippen LogP contribution is 2.22. The molecule has 6 nitrogen and oxygen atoms in total. The number of aromatic nitrogens is 2. The van der Waals surface area contributed by atoms with Crippen LogP contribution >= 0.6 is 11.3 Å². The van der Waals surface area contributed by atoms with E-state index < -0.39 is 5.97 Å². The van der Waals surface area contributed by atoms with Gasteiger partial charge in [-0.15, -0.1) is 11.3 Å². The summed E-state index contributed by atoms with van der Waals surface area (Å²) in [6.45, 7) is 1.97. The third kappa shape index (κ3) is 3.19. The van der Waals surface area contributed by atoms with Crippen molar-refractivity contribution < 1.29 is 14.7 Å². The highest BCUT2D eigenvalue weighted by Gasteiger charge is 2.13. The van der Waals surface area contributed by atoms with Gasteiger partial charge in [-0.05, 0) is 37.3 Å². The fourth-order valence-corrected chi connectivity index (χ4v) is 3.09. The van der Waals surface area contributed by atoms with Gasteiger partial charge in [0.25, 0.3) is 5.91 Å². The Kier molecular flexibility index (Phi) is 4.03. The molecule has 0 spiro atoms. The van der Waals surface area contributed by atoms with Crippen LogP contribution < -0.4 is 5.32 Å². The summed E-state index contributed by atoms with van der Waals surface area (Å²) in [7, 11) is 0. The minimum absolute atomic E-state index is 0.0566. The van der Waals surface area contributed by atoms with E-state index in [2.05, 4.69) is 15.3 Å². The maximum Gasteiger partial charge on any atom is 0.337 e. The lowest BCUT2D eigenvalue weighted by molar-refractivity contribution is 0.0693. The molecule has 7 heteroatoms. The predicted molar refractivity (Wildman–Crippen MR) is 86.7 cm³/mol. The lowest BCUT2D eigenvalue weighted by atomic mass is 10.1. The van der Waals surface area contributed by atoms with Crippen molar-refractivity contribution in [3.8, 4) is 0 Å². The summed E-state index contributed by atoms with van der Waals surface area (Å²) in [4.78, 5) is 31.7. The molecule has 0 saturated heterocycles. The Morgan fingerprint density at radius 1 is 1.30 bits per heavy atom. The summed E-state index contributed by atoms with van der Waals surface area (Å²) < 4.78 is 0.944. The molecule has 2 N–H and O–H groups in total. The average Bonchev–Trinajstić information content (AvgIpc) is 2.91. The average molecular weight is 327 g/mol. The van der Waals surface area contributed by atoms with Crippen LogP contribution in [0.4, 0.5) is 0 Å². The molecule has 1 aromatic carbocycles. The number of aromatic carboxylic acids is 1. The Morgan fingerprint density at radius 3 is 2.91 bits per heavy atom. The normalized spacial score (nSPS) is 10.7. The highest BCUT2D eigenvalue weighted by molar-refractivity contribution is 7.18. The topological polar surface area (TPSA) is 92.2 Å². The van der Waals surface area contributed by atoms with Crippen molar-refractivity contribution in [2.75, 3.05) is 0 Å².